The van der Waals surface area contributed by atoms with Crippen LogP contribution in [0.15, 0.2) is 0 Å². The third-order valence-corrected chi connectivity index (χ3v) is 2.97. The van der Waals surface area contributed by atoms with Gasteiger partial charge in [-0.1, -0.05) is 13.8 Å². The van der Waals surface area contributed by atoms with Gasteiger partial charge >= 0.3 is 0 Å². The van der Waals surface area contributed by atoms with Crippen molar-refractivity contribution < 1.29 is 9.47 Å². The lowest BCUT2D eigenvalue weighted by molar-refractivity contribution is -0.243. The summed E-state index contributed by atoms with van der Waals surface area (Å²) < 4.78 is 11.1. The molecule has 2 heteroatoms. The van der Waals surface area contributed by atoms with Gasteiger partial charge in [-0.3, -0.25) is 0 Å². The van der Waals surface area contributed by atoms with E-state index in [2.05, 4.69) is 20.8 Å². The second-order valence-corrected chi connectivity index (χ2v) is 4.04. The number of methoxy groups -OCH3 is 1. The minimum Gasteiger partial charge on any atom is -0.356 e. The van der Waals surface area contributed by atoms with Crippen LogP contribution in [0, 0.1) is 5.92 Å². The van der Waals surface area contributed by atoms with Crippen molar-refractivity contribution >= 4 is 0 Å². The van der Waals surface area contributed by atoms with E-state index in [0.717, 1.165) is 12.8 Å². The molecule has 0 saturated carbocycles. The lowest BCUT2D eigenvalue weighted by Gasteiger charge is -2.40. The molecule has 72 valence electrons. The molecule has 2 nitrogen and oxygen atoms in total. The van der Waals surface area contributed by atoms with E-state index in [1.807, 2.05) is 0 Å². The Kier molecular flexibility index (Phi) is 3.13. The first-order chi connectivity index (χ1) is 5.61. The average molecular weight is 172 g/mol. The van der Waals surface area contributed by atoms with E-state index < -0.39 is 0 Å². The second kappa shape index (κ2) is 3.75. The van der Waals surface area contributed by atoms with Crippen LogP contribution < -0.4 is 0 Å². The van der Waals surface area contributed by atoms with E-state index in [1.165, 1.54) is 6.42 Å². The fourth-order valence-electron chi connectivity index (χ4n) is 1.67. The first-order valence-electron chi connectivity index (χ1n) is 4.82. The van der Waals surface area contributed by atoms with Crippen LogP contribution in [0.25, 0.3) is 0 Å². The van der Waals surface area contributed by atoms with E-state index in [9.17, 15) is 0 Å². The molecule has 0 radical (unpaired) electrons. The van der Waals surface area contributed by atoms with Crippen LogP contribution in [0.5, 0.6) is 0 Å². The summed E-state index contributed by atoms with van der Waals surface area (Å²) in [5.41, 5.74) is 0.0488. The van der Waals surface area contributed by atoms with Crippen molar-refractivity contribution in [3.63, 3.8) is 0 Å². The van der Waals surface area contributed by atoms with Crippen molar-refractivity contribution in [1.82, 2.24) is 0 Å². The van der Waals surface area contributed by atoms with Crippen LogP contribution in [0.3, 0.4) is 0 Å². The Labute approximate surface area is 75.2 Å². The van der Waals surface area contributed by atoms with Crippen molar-refractivity contribution in [2.75, 3.05) is 7.11 Å². The summed E-state index contributed by atoms with van der Waals surface area (Å²) in [5.74, 6) is 0.537. The van der Waals surface area contributed by atoms with Gasteiger partial charge in [0.15, 0.2) is 6.29 Å². The first-order valence-corrected chi connectivity index (χ1v) is 4.82. The molecule has 1 fully saturated rings. The molecule has 12 heavy (non-hydrogen) atoms. The SMILES string of the molecule is CC[C@]1(C)CC[C@H](C)[C@H](OC)O1. The van der Waals surface area contributed by atoms with Gasteiger partial charge in [-0.05, 0) is 26.2 Å². The standard InChI is InChI=1S/C10H20O2/c1-5-10(3)7-6-8(2)9(11-4)12-10/h8-9H,5-7H2,1-4H3/t8-,9+,10+/m0/s1. The molecule has 0 N–H and O–H groups in total. The average Bonchev–Trinajstić information content (AvgIpc) is 2.10. The Morgan fingerprint density at radius 1 is 1.58 bits per heavy atom. The molecule has 0 bridgehead atoms. The zero-order valence-electron chi connectivity index (χ0n) is 8.59. The van der Waals surface area contributed by atoms with Gasteiger partial charge in [0, 0.05) is 13.0 Å². The summed E-state index contributed by atoms with van der Waals surface area (Å²) in [5, 5.41) is 0. The predicted octanol–water partition coefficient (Wildman–Crippen LogP) is 2.57. The Hall–Kier alpha value is -0.0800. The van der Waals surface area contributed by atoms with Crippen LogP contribution >= 0.6 is 0 Å². The van der Waals surface area contributed by atoms with Crippen molar-refractivity contribution in [3.8, 4) is 0 Å². The van der Waals surface area contributed by atoms with Gasteiger partial charge in [-0.25, -0.2) is 0 Å². The molecule has 0 aromatic heterocycles. The summed E-state index contributed by atoms with van der Waals surface area (Å²) >= 11 is 0. The van der Waals surface area contributed by atoms with Crippen LogP contribution in [0.2, 0.25) is 0 Å². The fourth-order valence-corrected chi connectivity index (χ4v) is 1.67. The number of hydrogen-bond donors (Lipinski definition) is 0. The van der Waals surface area contributed by atoms with Crippen molar-refractivity contribution in [1.29, 1.82) is 0 Å². The molecule has 0 aromatic rings. The number of ether oxygens (including phenoxy) is 2. The highest BCUT2D eigenvalue weighted by molar-refractivity contribution is 4.80. The molecular formula is C10H20O2. The molecule has 1 aliphatic heterocycles. The van der Waals surface area contributed by atoms with Crippen LogP contribution in [0.1, 0.15) is 40.0 Å². The van der Waals surface area contributed by atoms with E-state index in [-0.39, 0.29) is 11.9 Å². The van der Waals surface area contributed by atoms with Crippen molar-refractivity contribution in [3.05, 3.63) is 0 Å². The van der Waals surface area contributed by atoms with E-state index in [1.54, 1.807) is 7.11 Å². The Morgan fingerprint density at radius 3 is 2.75 bits per heavy atom. The van der Waals surface area contributed by atoms with Gasteiger partial charge in [0.2, 0.25) is 0 Å². The highest BCUT2D eigenvalue weighted by Gasteiger charge is 2.35. The fraction of sp³-hybridized carbons (Fsp3) is 1.00. The quantitative estimate of drug-likeness (QED) is 0.637. The Balaban J connectivity index is 2.55. The van der Waals surface area contributed by atoms with E-state index in [0.29, 0.717) is 5.92 Å². The molecule has 1 heterocycles. The maximum Gasteiger partial charge on any atom is 0.160 e. The Bertz CT molecular complexity index is 147. The third-order valence-electron chi connectivity index (χ3n) is 2.97. The van der Waals surface area contributed by atoms with Gasteiger partial charge in [-0.2, -0.15) is 0 Å². The van der Waals surface area contributed by atoms with Gasteiger partial charge in [0.1, 0.15) is 0 Å². The lowest BCUT2D eigenvalue weighted by atomic mass is 9.88. The molecular weight excluding hydrogens is 152 g/mol. The summed E-state index contributed by atoms with van der Waals surface area (Å²) in [6, 6.07) is 0. The summed E-state index contributed by atoms with van der Waals surface area (Å²) in [4.78, 5) is 0. The monoisotopic (exact) mass is 172 g/mol. The molecule has 0 spiro atoms. The minimum atomic E-state index is 0.00343. The molecule has 1 rings (SSSR count). The summed E-state index contributed by atoms with van der Waals surface area (Å²) in [6.07, 6.45) is 3.44. The van der Waals surface area contributed by atoms with Gasteiger partial charge in [-0.15, -0.1) is 0 Å². The molecule has 0 aliphatic carbocycles. The molecule has 1 saturated heterocycles. The zero-order chi connectivity index (χ0) is 9.19. The van der Waals surface area contributed by atoms with Gasteiger partial charge in [0.25, 0.3) is 0 Å². The van der Waals surface area contributed by atoms with Gasteiger partial charge < -0.3 is 9.47 Å². The van der Waals surface area contributed by atoms with Crippen molar-refractivity contribution in [2.24, 2.45) is 5.92 Å². The van der Waals surface area contributed by atoms with E-state index in [4.69, 9.17) is 9.47 Å². The molecule has 3 atom stereocenters. The van der Waals surface area contributed by atoms with Crippen LogP contribution in [-0.4, -0.2) is 19.0 Å². The molecule has 1 aliphatic rings. The Morgan fingerprint density at radius 2 is 2.25 bits per heavy atom. The molecule has 0 amide bonds. The topological polar surface area (TPSA) is 18.5 Å². The maximum absolute atomic E-state index is 5.86. The number of hydrogen-bond acceptors (Lipinski definition) is 2. The number of rotatable bonds is 2. The normalized spacial score (nSPS) is 43.0. The first kappa shape index (κ1) is 10.0. The second-order valence-electron chi connectivity index (χ2n) is 4.04. The maximum atomic E-state index is 5.86. The van der Waals surface area contributed by atoms with Crippen LogP contribution in [-0.2, 0) is 9.47 Å². The highest BCUT2D eigenvalue weighted by Crippen LogP contribution is 2.34. The van der Waals surface area contributed by atoms with E-state index >= 15 is 0 Å². The van der Waals surface area contributed by atoms with Crippen molar-refractivity contribution in [2.45, 2.75) is 51.9 Å². The highest BCUT2D eigenvalue weighted by atomic mass is 16.7. The van der Waals surface area contributed by atoms with Gasteiger partial charge in [0.05, 0.1) is 5.60 Å². The largest absolute Gasteiger partial charge is 0.356 e. The minimum absolute atomic E-state index is 0.00343. The smallest absolute Gasteiger partial charge is 0.160 e. The zero-order valence-corrected chi connectivity index (χ0v) is 8.59. The molecule has 0 unspecified atom stereocenters. The predicted molar refractivity (Wildman–Crippen MR) is 49.0 cm³/mol. The lowest BCUT2D eigenvalue weighted by Crippen LogP contribution is -2.42. The third kappa shape index (κ3) is 1.99. The molecule has 0 aromatic carbocycles. The van der Waals surface area contributed by atoms with Crippen LogP contribution in [0.4, 0.5) is 0 Å². The summed E-state index contributed by atoms with van der Waals surface area (Å²) in [7, 11) is 1.72. The summed E-state index contributed by atoms with van der Waals surface area (Å²) in [6.45, 7) is 6.52.